The van der Waals surface area contributed by atoms with Gasteiger partial charge in [0.2, 0.25) is 11.8 Å². The first kappa shape index (κ1) is 23.1. The Morgan fingerprint density at radius 1 is 1.06 bits per heavy atom. The molecule has 0 bridgehead atoms. The van der Waals surface area contributed by atoms with Gasteiger partial charge in [-0.05, 0) is 55.7 Å². The van der Waals surface area contributed by atoms with Crippen LogP contribution in [0.5, 0.6) is 5.88 Å². The van der Waals surface area contributed by atoms with Gasteiger partial charge in [-0.2, -0.15) is 5.10 Å². The van der Waals surface area contributed by atoms with Crippen molar-refractivity contribution in [3.63, 3.8) is 0 Å². The summed E-state index contributed by atoms with van der Waals surface area (Å²) in [5.41, 5.74) is 4.75. The molecule has 3 rings (SSSR count). The average molecular weight is 451 g/mol. The lowest BCUT2D eigenvalue weighted by molar-refractivity contribution is -0.121. The standard InChI is InChI=1S/C24H26N4O3S/c1-4-5-14-21(29)26-25-15-18-22(30)27(19-12-8-6-10-16(19)2)24(32)28(23(18)31)20-13-9-7-11-17(20)3/h6-13,15,30H,4-5,14H2,1-3H3,(H,26,29). The summed E-state index contributed by atoms with van der Waals surface area (Å²) in [6, 6.07) is 14.8. The van der Waals surface area contributed by atoms with Crippen LogP contribution in [-0.4, -0.2) is 26.4 Å². The fourth-order valence-corrected chi connectivity index (χ4v) is 3.71. The summed E-state index contributed by atoms with van der Waals surface area (Å²) in [6.07, 6.45) is 3.13. The number of amides is 1. The SMILES string of the molecule is CCCCC(=O)NN=Cc1c(O)n(-c2ccccc2C)c(=S)n(-c2ccccc2C)c1=O. The van der Waals surface area contributed by atoms with E-state index in [-0.39, 0.29) is 22.1 Å². The maximum absolute atomic E-state index is 13.4. The summed E-state index contributed by atoms with van der Waals surface area (Å²) >= 11 is 5.66. The van der Waals surface area contributed by atoms with Gasteiger partial charge in [0, 0.05) is 6.42 Å². The van der Waals surface area contributed by atoms with Gasteiger partial charge in [0.1, 0.15) is 5.56 Å². The molecule has 0 fully saturated rings. The van der Waals surface area contributed by atoms with E-state index in [9.17, 15) is 14.7 Å². The van der Waals surface area contributed by atoms with Crippen LogP contribution in [0.4, 0.5) is 0 Å². The van der Waals surface area contributed by atoms with Gasteiger partial charge in [-0.3, -0.25) is 18.7 Å². The Hall–Kier alpha value is -3.52. The molecule has 1 aromatic heterocycles. The number of aromatic hydroxyl groups is 1. The van der Waals surface area contributed by atoms with Crippen molar-refractivity contribution in [3.05, 3.63) is 80.3 Å². The number of rotatable bonds is 7. The molecular formula is C24H26N4O3S. The van der Waals surface area contributed by atoms with Crippen LogP contribution >= 0.6 is 12.2 Å². The molecule has 1 heterocycles. The normalized spacial score (nSPS) is 11.1. The number of nitrogens with zero attached hydrogens (tertiary/aromatic N) is 3. The Kier molecular flexibility index (Phi) is 7.37. The maximum atomic E-state index is 13.4. The van der Waals surface area contributed by atoms with Gasteiger partial charge in [-0.15, -0.1) is 0 Å². The zero-order valence-corrected chi connectivity index (χ0v) is 19.1. The Morgan fingerprint density at radius 2 is 1.62 bits per heavy atom. The summed E-state index contributed by atoms with van der Waals surface area (Å²) in [4.78, 5) is 25.3. The highest BCUT2D eigenvalue weighted by molar-refractivity contribution is 7.71. The summed E-state index contributed by atoms with van der Waals surface area (Å²) in [7, 11) is 0. The largest absolute Gasteiger partial charge is 0.494 e. The zero-order chi connectivity index (χ0) is 23.3. The van der Waals surface area contributed by atoms with Gasteiger partial charge in [0.25, 0.3) is 5.56 Å². The molecule has 8 heteroatoms. The number of hydrogen-bond acceptors (Lipinski definition) is 5. The van der Waals surface area contributed by atoms with E-state index in [1.54, 1.807) is 6.07 Å². The average Bonchev–Trinajstić information content (AvgIpc) is 2.77. The molecule has 0 aliphatic rings. The lowest BCUT2D eigenvalue weighted by atomic mass is 10.2. The number of hydrazone groups is 1. The summed E-state index contributed by atoms with van der Waals surface area (Å²) in [5, 5.41) is 15.0. The highest BCUT2D eigenvalue weighted by Crippen LogP contribution is 2.24. The van der Waals surface area contributed by atoms with Gasteiger partial charge < -0.3 is 5.11 Å². The minimum Gasteiger partial charge on any atom is -0.494 e. The van der Waals surface area contributed by atoms with Crippen LogP contribution in [0.3, 0.4) is 0 Å². The van der Waals surface area contributed by atoms with Gasteiger partial charge in [0.05, 0.1) is 17.6 Å². The molecule has 0 saturated heterocycles. The number of aryl methyl sites for hydroxylation is 2. The Morgan fingerprint density at radius 3 is 2.19 bits per heavy atom. The minimum absolute atomic E-state index is 0.0825. The zero-order valence-electron chi connectivity index (χ0n) is 18.3. The molecule has 1 amide bonds. The maximum Gasteiger partial charge on any atom is 0.271 e. The molecule has 32 heavy (non-hydrogen) atoms. The predicted molar refractivity (Wildman–Crippen MR) is 129 cm³/mol. The molecule has 2 aromatic carbocycles. The van der Waals surface area contributed by atoms with Crippen molar-refractivity contribution in [2.75, 3.05) is 0 Å². The van der Waals surface area contributed by atoms with Gasteiger partial charge in [-0.25, -0.2) is 5.43 Å². The number of unbranched alkanes of at least 4 members (excludes halogenated alkanes) is 1. The van der Waals surface area contributed by atoms with Crippen molar-refractivity contribution in [2.45, 2.75) is 40.0 Å². The topological polar surface area (TPSA) is 88.6 Å². The lowest BCUT2D eigenvalue weighted by Crippen LogP contribution is -2.28. The number of aromatic nitrogens is 2. The van der Waals surface area contributed by atoms with E-state index in [0.717, 1.165) is 24.0 Å². The molecule has 0 unspecified atom stereocenters. The number of nitrogens with one attached hydrogen (secondary N) is 1. The van der Waals surface area contributed by atoms with Crippen molar-refractivity contribution >= 4 is 24.3 Å². The second-order valence-corrected chi connectivity index (χ2v) is 7.83. The van der Waals surface area contributed by atoms with Crippen LogP contribution in [0, 0.1) is 18.6 Å². The molecule has 0 aliphatic heterocycles. The lowest BCUT2D eigenvalue weighted by Gasteiger charge is -2.18. The first-order valence-corrected chi connectivity index (χ1v) is 10.8. The van der Waals surface area contributed by atoms with Crippen LogP contribution in [0.15, 0.2) is 58.4 Å². The highest BCUT2D eigenvalue weighted by Gasteiger charge is 2.19. The third kappa shape index (κ3) is 4.70. The smallest absolute Gasteiger partial charge is 0.271 e. The van der Waals surface area contributed by atoms with Gasteiger partial charge >= 0.3 is 0 Å². The molecule has 7 nitrogen and oxygen atoms in total. The molecule has 0 saturated carbocycles. The molecule has 166 valence electrons. The molecule has 0 spiro atoms. The number of carbonyl (C=O) groups is 1. The van der Waals surface area contributed by atoms with Crippen molar-refractivity contribution in [2.24, 2.45) is 5.10 Å². The summed E-state index contributed by atoms with van der Waals surface area (Å²) in [6.45, 7) is 5.76. The fraction of sp³-hybridized carbons (Fsp3) is 0.250. The van der Waals surface area contributed by atoms with Crippen LogP contribution < -0.4 is 11.0 Å². The van der Waals surface area contributed by atoms with Crippen LogP contribution in [0.1, 0.15) is 42.9 Å². The van der Waals surface area contributed by atoms with E-state index in [1.165, 1.54) is 15.3 Å². The third-order valence-electron chi connectivity index (χ3n) is 5.12. The third-order valence-corrected chi connectivity index (χ3v) is 5.49. The first-order chi connectivity index (χ1) is 15.4. The number of para-hydroxylation sites is 2. The van der Waals surface area contributed by atoms with Crippen LogP contribution in [0.25, 0.3) is 11.4 Å². The van der Waals surface area contributed by atoms with E-state index in [0.29, 0.717) is 17.8 Å². The predicted octanol–water partition coefficient (Wildman–Crippen LogP) is 4.32. The molecule has 3 aromatic rings. The highest BCUT2D eigenvalue weighted by atomic mass is 32.1. The fourth-order valence-electron chi connectivity index (χ4n) is 3.35. The van der Waals surface area contributed by atoms with E-state index >= 15 is 0 Å². The second-order valence-electron chi connectivity index (χ2n) is 7.47. The second kappa shape index (κ2) is 10.2. The van der Waals surface area contributed by atoms with E-state index in [4.69, 9.17) is 12.2 Å². The minimum atomic E-state index is -0.529. The van der Waals surface area contributed by atoms with E-state index in [2.05, 4.69) is 10.5 Å². The Balaban J connectivity index is 2.25. The van der Waals surface area contributed by atoms with Crippen molar-refractivity contribution in [1.29, 1.82) is 0 Å². The van der Waals surface area contributed by atoms with Crippen LogP contribution in [-0.2, 0) is 4.79 Å². The first-order valence-electron chi connectivity index (χ1n) is 10.4. The Bertz CT molecular complexity index is 1290. The monoisotopic (exact) mass is 450 g/mol. The number of hydrogen-bond donors (Lipinski definition) is 2. The van der Waals surface area contributed by atoms with Crippen molar-refractivity contribution in [1.82, 2.24) is 14.6 Å². The van der Waals surface area contributed by atoms with E-state index < -0.39 is 5.56 Å². The summed E-state index contributed by atoms with van der Waals surface area (Å²) < 4.78 is 2.94. The molecule has 0 radical (unpaired) electrons. The Labute approximate surface area is 191 Å². The summed E-state index contributed by atoms with van der Waals surface area (Å²) in [5.74, 6) is -0.598. The van der Waals surface area contributed by atoms with Gasteiger partial charge in [-0.1, -0.05) is 49.7 Å². The molecular weight excluding hydrogens is 424 g/mol. The van der Waals surface area contributed by atoms with Gasteiger partial charge in [0.15, 0.2) is 4.77 Å². The molecule has 2 N–H and O–H groups in total. The molecule has 0 aliphatic carbocycles. The van der Waals surface area contributed by atoms with Crippen molar-refractivity contribution < 1.29 is 9.90 Å². The van der Waals surface area contributed by atoms with Crippen LogP contribution in [0.2, 0.25) is 0 Å². The number of benzene rings is 2. The number of carbonyl (C=O) groups excluding carboxylic acids is 1. The quantitative estimate of drug-likeness (QED) is 0.319. The van der Waals surface area contributed by atoms with E-state index in [1.807, 2.05) is 63.2 Å². The molecule has 0 atom stereocenters. The van der Waals surface area contributed by atoms with Crippen molar-refractivity contribution in [3.8, 4) is 17.3 Å².